The molecule has 0 spiro atoms. The molecule has 1 saturated heterocycles. The van der Waals surface area contributed by atoms with Crippen LogP contribution in [0.2, 0.25) is 0 Å². The first-order valence-corrected chi connectivity index (χ1v) is 8.14. The maximum Gasteiger partial charge on any atom is 0.109 e. The monoisotopic (exact) mass is 266 g/mol. The SMILES string of the molecule is CCCC(CCC)=NNC1NNCC2CCCCC21. The summed E-state index contributed by atoms with van der Waals surface area (Å²) in [5, 5.41) is 4.68. The lowest BCUT2D eigenvalue weighted by atomic mass is 9.77. The minimum atomic E-state index is 0.308. The van der Waals surface area contributed by atoms with Crippen LogP contribution in [0.3, 0.4) is 0 Å². The van der Waals surface area contributed by atoms with Crippen molar-refractivity contribution in [2.24, 2.45) is 16.9 Å². The zero-order chi connectivity index (χ0) is 13.5. The van der Waals surface area contributed by atoms with Crippen LogP contribution >= 0.6 is 0 Å². The molecule has 19 heavy (non-hydrogen) atoms. The molecular weight excluding hydrogens is 236 g/mol. The summed E-state index contributed by atoms with van der Waals surface area (Å²) in [4.78, 5) is 0. The predicted octanol–water partition coefficient (Wildman–Crippen LogP) is 2.77. The molecule has 1 aliphatic carbocycles. The van der Waals surface area contributed by atoms with Crippen LogP contribution in [-0.4, -0.2) is 18.4 Å². The van der Waals surface area contributed by atoms with Crippen molar-refractivity contribution in [3.8, 4) is 0 Å². The fourth-order valence-electron chi connectivity index (χ4n) is 3.44. The topological polar surface area (TPSA) is 48.5 Å². The highest BCUT2D eigenvalue weighted by atomic mass is 15.5. The van der Waals surface area contributed by atoms with Crippen LogP contribution in [0.4, 0.5) is 0 Å². The number of hydrazine groups is 1. The average molecular weight is 266 g/mol. The third-order valence-electron chi connectivity index (χ3n) is 4.46. The van der Waals surface area contributed by atoms with Gasteiger partial charge in [0.05, 0.1) is 0 Å². The van der Waals surface area contributed by atoms with Gasteiger partial charge < -0.3 is 0 Å². The quantitative estimate of drug-likeness (QED) is 0.512. The Morgan fingerprint density at radius 1 is 1.16 bits per heavy atom. The molecular formula is C15H30N4. The number of rotatable bonds is 6. The Morgan fingerprint density at radius 2 is 1.89 bits per heavy atom. The first-order valence-electron chi connectivity index (χ1n) is 8.14. The molecule has 1 heterocycles. The van der Waals surface area contributed by atoms with Crippen molar-refractivity contribution in [2.45, 2.75) is 71.4 Å². The predicted molar refractivity (Wildman–Crippen MR) is 80.8 cm³/mol. The Kier molecular flexibility index (Phi) is 6.11. The van der Waals surface area contributed by atoms with E-state index < -0.39 is 0 Å². The molecule has 3 N–H and O–H groups in total. The highest BCUT2D eigenvalue weighted by Gasteiger charge is 2.34. The van der Waals surface area contributed by atoms with E-state index in [4.69, 9.17) is 0 Å². The van der Waals surface area contributed by atoms with Crippen LogP contribution in [0.25, 0.3) is 0 Å². The van der Waals surface area contributed by atoms with Gasteiger partial charge in [0.1, 0.15) is 6.17 Å². The number of nitrogens with zero attached hydrogens (tertiary/aromatic N) is 1. The summed E-state index contributed by atoms with van der Waals surface area (Å²) >= 11 is 0. The van der Waals surface area contributed by atoms with E-state index in [0.29, 0.717) is 6.17 Å². The minimum absolute atomic E-state index is 0.308. The summed E-state index contributed by atoms with van der Waals surface area (Å²) < 4.78 is 0. The molecule has 0 bridgehead atoms. The Labute approximate surface area is 117 Å². The van der Waals surface area contributed by atoms with Crippen LogP contribution in [0.5, 0.6) is 0 Å². The van der Waals surface area contributed by atoms with Crippen molar-refractivity contribution in [2.75, 3.05) is 6.54 Å². The molecule has 2 aliphatic rings. The zero-order valence-corrected chi connectivity index (χ0v) is 12.5. The van der Waals surface area contributed by atoms with Gasteiger partial charge >= 0.3 is 0 Å². The van der Waals surface area contributed by atoms with Crippen LogP contribution in [0.15, 0.2) is 5.10 Å². The Bertz CT molecular complexity index is 280. The highest BCUT2D eigenvalue weighted by Crippen LogP contribution is 2.32. The van der Waals surface area contributed by atoms with E-state index >= 15 is 0 Å². The molecule has 1 saturated carbocycles. The van der Waals surface area contributed by atoms with Crippen molar-refractivity contribution in [3.63, 3.8) is 0 Å². The van der Waals surface area contributed by atoms with Gasteiger partial charge in [-0.05, 0) is 37.5 Å². The molecule has 0 amide bonds. The fourth-order valence-corrected chi connectivity index (χ4v) is 3.44. The Balaban J connectivity index is 1.90. The standard InChI is InChI=1S/C15H30N4/c1-3-7-13(8-4-2)17-19-15-14-10-6-5-9-12(14)11-16-18-15/h12,14-16,18-19H,3-11H2,1-2H3. The Hall–Kier alpha value is -0.610. The average Bonchev–Trinajstić information content (AvgIpc) is 2.45. The number of hydrogen-bond donors (Lipinski definition) is 3. The maximum absolute atomic E-state index is 4.68. The molecule has 2 rings (SSSR count). The van der Waals surface area contributed by atoms with Crippen molar-refractivity contribution in [3.05, 3.63) is 0 Å². The Morgan fingerprint density at radius 3 is 2.63 bits per heavy atom. The van der Waals surface area contributed by atoms with E-state index in [2.05, 4.69) is 35.2 Å². The van der Waals surface area contributed by atoms with Crippen molar-refractivity contribution >= 4 is 5.71 Å². The molecule has 4 heteroatoms. The van der Waals surface area contributed by atoms with E-state index in [-0.39, 0.29) is 0 Å². The summed E-state index contributed by atoms with van der Waals surface area (Å²) in [7, 11) is 0. The van der Waals surface area contributed by atoms with E-state index in [1.807, 2.05) is 0 Å². The molecule has 0 aromatic carbocycles. The second-order valence-corrected chi connectivity index (χ2v) is 6.02. The number of hydrazone groups is 1. The number of hydrogen-bond acceptors (Lipinski definition) is 4. The van der Waals surface area contributed by atoms with Crippen molar-refractivity contribution in [1.29, 1.82) is 0 Å². The van der Waals surface area contributed by atoms with Gasteiger partial charge in [0.25, 0.3) is 0 Å². The van der Waals surface area contributed by atoms with Gasteiger partial charge in [0.15, 0.2) is 0 Å². The minimum Gasteiger partial charge on any atom is -0.291 e. The first-order chi connectivity index (χ1) is 9.35. The normalized spacial score (nSPS) is 30.5. The van der Waals surface area contributed by atoms with Gasteiger partial charge in [0, 0.05) is 12.3 Å². The maximum atomic E-state index is 4.68. The number of nitrogens with one attached hydrogen (secondary N) is 3. The smallest absolute Gasteiger partial charge is 0.109 e. The van der Waals surface area contributed by atoms with E-state index in [1.165, 1.54) is 44.2 Å². The largest absolute Gasteiger partial charge is 0.291 e. The van der Waals surface area contributed by atoms with E-state index in [0.717, 1.165) is 31.2 Å². The van der Waals surface area contributed by atoms with E-state index in [9.17, 15) is 0 Å². The van der Waals surface area contributed by atoms with Gasteiger partial charge in [-0.2, -0.15) is 5.10 Å². The lowest BCUT2D eigenvalue weighted by molar-refractivity contribution is 0.0994. The van der Waals surface area contributed by atoms with Gasteiger partial charge in [-0.25, -0.2) is 5.43 Å². The molecule has 0 aromatic heterocycles. The first kappa shape index (κ1) is 14.8. The molecule has 3 atom stereocenters. The second-order valence-electron chi connectivity index (χ2n) is 6.02. The van der Waals surface area contributed by atoms with Gasteiger partial charge in [-0.3, -0.25) is 10.9 Å². The van der Waals surface area contributed by atoms with Crippen LogP contribution in [0, 0.1) is 11.8 Å². The van der Waals surface area contributed by atoms with Crippen molar-refractivity contribution < 1.29 is 0 Å². The van der Waals surface area contributed by atoms with Crippen LogP contribution < -0.4 is 16.3 Å². The lowest BCUT2D eigenvalue weighted by Gasteiger charge is -2.41. The molecule has 3 unspecified atom stereocenters. The molecule has 0 radical (unpaired) electrons. The number of fused-ring (bicyclic) bond motifs is 1. The lowest BCUT2D eigenvalue weighted by Crippen LogP contribution is -2.61. The third kappa shape index (κ3) is 4.18. The molecule has 1 aliphatic heterocycles. The summed E-state index contributed by atoms with van der Waals surface area (Å²) in [6, 6.07) is 0. The summed E-state index contributed by atoms with van der Waals surface area (Å²) in [5.41, 5.74) is 11.5. The summed E-state index contributed by atoms with van der Waals surface area (Å²) in [5.74, 6) is 1.56. The van der Waals surface area contributed by atoms with Crippen molar-refractivity contribution in [1.82, 2.24) is 16.3 Å². The molecule has 110 valence electrons. The molecule has 4 nitrogen and oxygen atoms in total. The van der Waals surface area contributed by atoms with Gasteiger partial charge in [-0.1, -0.05) is 39.5 Å². The fraction of sp³-hybridized carbons (Fsp3) is 0.933. The summed E-state index contributed by atoms with van der Waals surface area (Å²) in [6.07, 6.45) is 10.4. The summed E-state index contributed by atoms with van der Waals surface area (Å²) in [6.45, 7) is 5.56. The molecule has 2 fully saturated rings. The van der Waals surface area contributed by atoms with Crippen LogP contribution in [0.1, 0.15) is 65.2 Å². The second kappa shape index (κ2) is 7.85. The van der Waals surface area contributed by atoms with E-state index in [1.54, 1.807) is 0 Å². The highest BCUT2D eigenvalue weighted by molar-refractivity contribution is 5.84. The third-order valence-corrected chi connectivity index (χ3v) is 4.46. The van der Waals surface area contributed by atoms with Crippen LogP contribution in [-0.2, 0) is 0 Å². The van der Waals surface area contributed by atoms with Gasteiger partial charge in [0.2, 0.25) is 0 Å². The van der Waals surface area contributed by atoms with Gasteiger partial charge in [-0.15, -0.1) is 0 Å². The molecule has 0 aromatic rings. The zero-order valence-electron chi connectivity index (χ0n) is 12.5.